The van der Waals surface area contributed by atoms with E-state index in [9.17, 15) is 4.79 Å². The topological polar surface area (TPSA) is 92.3 Å². The van der Waals surface area contributed by atoms with Crippen LogP contribution in [0.1, 0.15) is 57.1 Å². The predicted octanol–water partition coefficient (Wildman–Crippen LogP) is 4.14. The van der Waals surface area contributed by atoms with Crippen molar-refractivity contribution in [2.45, 2.75) is 64.2 Å². The van der Waals surface area contributed by atoms with Gasteiger partial charge in [0.2, 0.25) is 0 Å². The van der Waals surface area contributed by atoms with Crippen molar-refractivity contribution in [2.24, 2.45) is 0 Å². The van der Waals surface area contributed by atoms with Crippen molar-refractivity contribution in [1.82, 2.24) is 19.8 Å². The zero-order chi connectivity index (χ0) is 27.0. The molecular formula is C29H40N6O4. The molecule has 0 spiro atoms. The zero-order valence-corrected chi connectivity index (χ0v) is 23.3. The molecule has 6 rings (SSSR count). The fourth-order valence-corrected chi connectivity index (χ4v) is 6.12. The lowest BCUT2D eigenvalue weighted by Gasteiger charge is -2.36. The van der Waals surface area contributed by atoms with Crippen molar-refractivity contribution < 1.29 is 19.0 Å². The van der Waals surface area contributed by atoms with Crippen LogP contribution in [0.2, 0.25) is 0 Å². The molecule has 10 heteroatoms. The molecule has 210 valence electrons. The molecule has 3 saturated heterocycles. The maximum atomic E-state index is 12.5. The molecular weight excluding hydrogens is 496 g/mol. The minimum absolute atomic E-state index is 0.191. The summed E-state index contributed by atoms with van der Waals surface area (Å²) in [5.41, 5.74) is 2.82. The Balaban J connectivity index is 1.09. The molecule has 5 heterocycles. The van der Waals surface area contributed by atoms with Gasteiger partial charge in [0.05, 0.1) is 24.5 Å². The van der Waals surface area contributed by atoms with Crippen LogP contribution >= 0.6 is 0 Å². The Kier molecular flexibility index (Phi) is 7.24. The molecule has 0 aliphatic carbocycles. The molecule has 2 aromatic rings. The molecule has 1 atom stereocenters. The lowest BCUT2D eigenvalue weighted by atomic mass is 9.88. The Morgan fingerprint density at radius 1 is 1.05 bits per heavy atom. The largest absolute Gasteiger partial charge is 0.486 e. The van der Waals surface area contributed by atoms with Crippen molar-refractivity contribution in [2.75, 3.05) is 62.7 Å². The average molecular weight is 537 g/mol. The monoisotopic (exact) mass is 536 g/mol. The Morgan fingerprint density at radius 2 is 1.85 bits per heavy atom. The van der Waals surface area contributed by atoms with Crippen molar-refractivity contribution in [3.05, 3.63) is 35.7 Å². The zero-order valence-electron chi connectivity index (χ0n) is 23.3. The number of likely N-dealkylation sites (tertiary alicyclic amines) is 2. The summed E-state index contributed by atoms with van der Waals surface area (Å²) in [5.74, 6) is 3.07. The van der Waals surface area contributed by atoms with E-state index in [1.807, 2.05) is 25.7 Å². The van der Waals surface area contributed by atoms with Gasteiger partial charge in [-0.3, -0.25) is 4.90 Å². The van der Waals surface area contributed by atoms with Crippen LogP contribution in [-0.4, -0.2) is 90.0 Å². The Morgan fingerprint density at radius 3 is 2.62 bits per heavy atom. The minimum Gasteiger partial charge on any atom is -0.486 e. The Labute approximate surface area is 230 Å². The molecule has 4 aliphatic rings. The lowest BCUT2D eigenvalue weighted by molar-refractivity contribution is 0.0276. The SMILES string of the molecule is CC(C)(C)OC(=O)N1CC[C@@H](N2CCC(c3ccc4c(c3)Nc3ncnc(N5CCOCC5)c3CO4)CC2)C1. The summed E-state index contributed by atoms with van der Waals surface area (Å²) in [5, 5.41) is 3.55. The number of nitrogens with zero attached hydrogens (tertiary/aromatic N) is 5. The molecule has 1 aromatic carbocycles. The first-order chi connectivity index (χ1) is 18.8. The number of nitrogens with one attached hydrogen (secondary N) is 1. The number of anilines is 3. The van der Waals surface area contributed by atoms with E-state index in [1.54, 1.807) is 6.33 Å². The number of rotatable bonds is 3. The maximum absolute atomic E-state index is 12.5. The van der Waals surface area contributed by atoms with Gasteiger partial charge in [-0.2, -0.15) is 0 Å². The van der Waals surface area contributed by atoms with E-state index in [0.29, 0.717) is 31.8 Å². The second-order valence-electron chi connectivity index (χ2n) is 12.0. The average Bonchev–Trinajstić information content (AvgIpc) is 3.35. The highest BCUT2D eigenvalue weighted by Gasteiger charge is 2.35. The fraction of sp³-hybridized carbons (Fsp3) is 0.621. The first-order valence-electron chi connectivity index (χ1n) is 14.3. The van der Waals surface area contributed by atoms with Gasteiger partial charge < -0.3 is 29.3 Å². The highest BCUT2D eigenvalue weighted by Crippen LogP contribution is 2.39. The molecule has 3 fully saturated rings. The van der Waals surface area contributed by atoms with Gasteiger partial charge in [0.15, 0.2) is 0 Å². The number of carbonyl (C=O) groups is 1. The summed E-state index contributed by atoms with van der Waals surface area (Å²) in [6.45, 7) is 12.8. The van der Waals surface area contributed by atoms with Crippen LogP contribution in [0.15, 0.2) is 24.5 Å². The van der Waals surface area contributed by atoms with Crippen LogP contribution in [0.25, 0.3) is 0 Å². The highest BCUT2D eigenvalue weighted by atomic mass is 16.6. The number of benzene rings is 1. The van der Waals surface area contributed by atoms with Gasteiger partial charge in [-0.15, -0.1) is 0 Å². The second kappa shape index (κ2) is 10.8. The molecule has 1 aromatic heterocycles. The van der Waals surface area contributed by atoms with Crippen LogP contribution in [0.4, 0.5) is 22.1 Å². The van der Waals surface area contributed by atoms with E-state index in [4.69, 9.17) is 14.2 Å². The molecule has 1 amide bonds. The normalized spacial score (nSPS) is 22.4. The summed E-state index contributed by atoms with van der Waals surface area (Å²) >= 11 is 0. The van der Waals surface area contributed by atoms with E-state index < -0.39 is 5.60 Å². The van der Waals surface area contributed by atoms with Gasteiger partial charge in [0, 0.05) is 32.2 Å². The summed E-state index contributed by atoms with van der Waals surface area (Å²) in [6, 6.07) is 6.96. The predicted molar refractivity (Wildman–Crippen MR) is 149 cm³/mol. The highest BCUT2D eigenvalue weighted by molar-refractivity contribution is 5.72. The molecule has 0 radical (unpaired) electrons. The number of hydrogen-bond donors (Lipinski definition) is 1. The van der Waals surface area contributed by atoms with Crippen molar-refractivity contribution in [3.63, 3.8) is 0 Å². The summed E-state index contributed by atoms with van der Waals surface area (Å²) < 4.78 is 17.3. The summed E-state index contributed by atoms with van der Waals surface area (Å²) in [4.78, 5) is 28.3. The van der Waals surface area contributed by atoms with Crippen LogP contribution in [0.5, 0.6) is 5.75 Å². The first-order valence-corrected chi connectivity index (χ1v) is 14.3. The van der Waals surface area contributed by atoms with Gasteiger partial charge >= 0.3 is 6.09 Å². The third-order valence-corrected chi connectivity index (χ3v) is 8.19. The lowest BCUT2D eigenvalue weighted by Crippen LogP contribution is -2.43. The standard InChI is InChI=1S/C29H40N6O4/c1-29(2,3)39-28(36)35-11-8-22(17-35)33-9-6-20(7-10-33)21-4-5-25-24(16-21)32-26-23(18-38-25)27(31-19-30-26)34-12-14-37-15-13-34/h4-5,16,19-20,22H,6-15,17-18H2,1-3H3,(H,30,31,32)/t22-/m1/s1. The molecule has 0 saturated carbocycles. The molecule has 39 heavy (non-hydrogen) atoms. The van der Waals surface area contributed by atoms with Crippen molar-refractivity contribution >= 4 is 23.4 Å². The minimum atomic E-state index is -0.457. The van der Waals surface area contributed by atoms with Crippen LogP contribution in [-0.2, 0) is 16.1 Å². The summed E-state index contributed by atoms with van der Waals surface area (Å²) in [6.07, 6.45) is 4.65. The number of morpholine rings is 1. The van der Waals surface area contributed by atoms with Gasteiger partial charge in [-0.1, -0.05) is 6.07 Å². The number of fused-ring (bicyclic) bond motifs is 2. The van der Waals surface area contributed by atoms with Gasteiger partial charge in [-0.25, -0.2) is 14.8 Å². The first kappa shape index (κ1) is 26.1. The fourth-order valence-electron chi connectivity index (χ4n) is 6.12. The quantitative estimate of drug-likeness (QED) is 0.621. The van der Waals surface area contributed by atoms with Crippen LogP contribution in [0, 0.1) is 0 Å². The van der Waals surface area contributed by atoms with Gasteiger partial charge in [-0.05, 0) is 76.7 Å². The Hall–Kier alpha value is -3.11. The smallest absolute Gasteiger partial charge is 0.410 e. The second-order valence-corrected chi connectivity index (χ2v) is 12.0. The maximum Gasteiger partial charge on any atom is 0.410 e. The molecule has 1 N–H and O–H groups in total. The van der Waals surface area contributed by atoms with E-state index in [2.05, 4.69) is 43.3 Å². The van der Waals surface area contributed by atoms with Crippen LogP contribution in [0.3, 0.4) is 0 Å². The Bertz CT molecular complexity index is 1190. The molecule has 0 bridgehead atoms. The van der Waals surface area contributed by atoms with E-state index in [0.717, 1.165) is 87.2 Å². The van der Waals surface area contributed by atoms with E-state index in [-0.39, 0.29) is 6.09 Å². The third kappa shape index (κ3) is 5.77. The van der Waals surface area contributed by atoms with Gasteiger partial charge in [0.25, 0.3) is 0 Å². The molecule has 10 nitrogen and oxygen atoms in total. The summed E-state index contributed by atoms with van der Waals surface area (Å²) in [7, 11) is 0. The van der Waals surface area contributed by atoms with Crippen LogP contribution < -0.4 is 15.0 Å². The number of aromatic nitrogens is 2. The number of ether oxygens (including phenoxy) is 3. The van der Waals surface area contributed by atoms with E-state index in [1.165, 1.54) is 5.56 Å². The number of carbonyl (C=O) groups excluding carboxylic acids is 1. The number of hydrogen-bond acceptors (Lipinski definition) is 9. The van der Waals surface area contributed by atoms with Crippen molar-refractivity contribution in [1.29, 1.82) is 0 Å². The van der Waals surface area contributed by atoms with Gasteiger partial charge in [0.1, 0.15) is 35.9 Å². The number of piperidine rings is 1. The number of amides is 1. The van der Waals surface area contributed by atoms with Crippen molar-refractivity contribution in [3.8, 4) is 5.75 Å². The molecule has 0 unspecified atom stereocenters. The molecule has 4 aliphatic heterocycles. The third-order valence-electron chi connectivity index (χ3n) is 8.19. The van der Waals surface area contributed by atoms with E-state index >= 15 is 0 Å².